The van der Waals surface area contributed by atoms with E-state index in [1.54, 1.807) is 24.8 Å². The number of nitrogens with one attached hydrogen (secondary N) is 1. The van der Waals surface area contributed by atoms with Gasteiger partial charge in [-0.15, -0.1) is 5.10 Å². The summed E-state index contributed by atoms with van der Waals surface area (Å²) in [7, 11) is 1.59. The zero-order valence-corrected chi connectivity index (χ0v) is 17.2. The number of tetrazole rings is 1. The fourth-order valence-corrected chi connectivity index (χ4v) is 3.54. The maximum atomic E-state index is 12.8. The van der Waals surface area contributed by atoms with Gasteiger partial charge >= 0.3 is 6.03 Å². The van der Waals surface area contributed by atoms with Crippen LogP contribution in [-0.4, -0.2) is 69.3 Å². The Hall–Kier alpha value is -3.46. The van der Waals surface area contributed by atoms with Crippen molar-refractivity contribution in [3.63, 3.8) is 0 Å². The number of urea groups is 1. The largest absolute Gasteiger partial charge is 0.494 e. The smallest absolute Gasteiger partial charge is 0.321 e. The molecule has 0 bridgehead atoms. The number of aromatic nitrogens is 4. The highest BCUT2D eigenvalue weighted by molar-refractivity contribution is 5.90. The standard InChI is InChI=1S/C21H25N7O2/c1-16-23-24-25-28(16)19-14-18(8-9-20(19)30-2)22-21(29)27-12-10-26(11-13-27)15-17-6-4-3-5-7-17/h3-9,14H,10-13,15H2,1-2H3,(H,22,29). The summed E-state index contributed by atoms with van der Waals surface area (Å²) in [5, 5.41) is 14.6. The van der Waals surface area contributed by atoms with Gasteiger partial charge in [0.05, 0.1) is 7.11 Å². The maximum Gasteiger partial charge on any atom is 0.321 e. The number of anilines is 1. The third-order valence-corrected chi connectivity index (χ3v) is 5.19. The third-order valence-electron chi connectivity index (χ3n) is 5.19. The Balaban J connectivity index is 1.38. The van der Waals surface area contributed by atoms with Crippen molar-refractivity contribution < 1.29 is 9.53 Å². The summed E-state index contributed by atoms with van der Waals surface area (Å²) in [4.78, 5) is 17.0. The van der Waals surface area contributed by atoms with E-state index >= 15 is 0 Å². The third kappa shape index (κ3) is 4.41. The van der Waals surface area contributed by atoms with Crippen LogP contribution in [0.5, 0.6) is 5.75 Å². The minimum absolute atomic E-state index is 0.112. The van der Waals surface area contributed by atoms with Crippen molar-refractivity contribution in [2.45, 2.75) is 13.5 Å². The van der Waals surface area contributed by atoms with Gasteiger partial charge in [0.1, 0.15) is 11.4 Å². The van der Waals surface area contributed by atoms with E-state index in [4.69, 9.17) is 4.74 Å². The second-order valence-electron chi connectivity index (χ2n) is 7.20. The van der Waals surface area contributed by atoms with Crippen molar-refractivity contribution in [3.05, 3.63) is 59.9 Å². The van der Waals surface area contributed by atoms with Crippen LogP contribution in [0.4, 0.5) is 10.5 Å². The maximum absolute atomic E-state index is 12.8. The number of carbonyl (C=O) groups is 1. The molecule has 0 spiro atoms. The van der Waals surface area contributed by atoms with Crippen LogP contribution in [0, 0.1) is 6.92 Å². The zero-order chi connectivity index (χ0) is 20.9. The van der Waals surface area contributed by atoms with Gasteiger partial charge in [-0.1, -0.05) is 30.3 Å². The number of amides is 2. The molecule has 0 radical (unpaired) electrons. The molecule has 2 aromatic carbocycles. The fourth-order valence-electron chi connectivity index (χ4n) is 3.54. The Labute approximate surface area is 175 Å². The first kappa shape index (κ1) is 19.8. The minimum Gasteiger partial charge on any atom is -0.494 e. The lowest BCUT2D eigenvalue weighted by Crippen LogP contribution is -2.49. The first-order valence-corrected chi connectivity index (χ1v) is 9.89. The molecule has 0 saturated carbocycles. The van der Waals surface area contributed by atoms with E-state index in [2.05, 4.69) is 50.0 Å². The Morgan fingerprint density at radius 1 is 1.10 bits per heavy atom. The lowest BCUT2D eigenvalue weighted by atomic mass is 10.2. The normalized spacial score (nSPS) is 14.5. The molecule has 4 rings (SSSR count). The summed E-state index contributed by atoms with van der Waals surface area (Å²) in [6.07, 6.45) is 0. The van der Waals surface area contributed by atoms with E-state index in [1.807, 2.05) is 23.1 Å². The fraction of sp³-hybridized carbons (Fsp3) is 0.333. The van der Waals surface area contributed by atoms with Gasteiger partial charge in [0.15, 0.2) is 5.82 Å². The first-order valence-electron chi connectivity index (χ1n) is 9.89. The van der Waals surface area contributed by atoms with Gasteiger partial charge in [0, 0.05) is 38.4 Å². The zero-order valence-electron chi connectivity index (χ0n) is 17.2. The van der Waals surface area contributed by atoms with Crippen LogP contribution in [-0.2, 0) is 6.54 Å². The van der Waals surface area contributed by atoms with Gasteiger partial charge in [0.25, 0.3) is 0 Å². The number of carbonyl (C=O) groups excluding carboxylic acids is 1. The quantitative estimate of drug-likeness (QED) is 0.698. The number of methoxy groups -OCH3 is 1. The predicted molar refractivity (Wildman–Crippen MR) is 113 cm³/mol. The number of aryl methyl sites for hydroxylation is 1. The molecule has 0 atom stereocenters. The van der Waals surface area contributed by atoms with Crippen LogP contribution in [0.2, 0.25) is 0 Å². The number of hydrogen-bond acceptors (Lipinski definition) is 6. The van der Waals surface area contributed by atoms with E-state index in [-0.39, 0.29) is 6.03 Å². The highest BCUT2D eigenvalue weighted by Crippen LogP contribution is 2.26. The molecule has 1 saturated heterocycles. The van der Waals surface area contributed by atoms with Gasteiger partial charge < -0.3 is 15.0 Å². The number of hydrogen-bond donors (Lipinski definition) is 1. The summed E-state index contributed by atoms with van der Waals surface area (Å²) in [5.74, 6) is 1.25. The molecule has 9 heteroatoms. The number of nitrogens with zero attached hydrogens (tertiary/aromatic N) is 6. The van der Waals surface area contributed by atoms with Gasteiger partial charge in [-0.2, -0.15) is 4.68 Å². The van der Waals surface area contributed by atoms with Crippen LogP contribution in [0.25, 0.3) is 5.69 Å². The highest BCUT2D eigenvalue weighted by Gasteiger charge is 2.21. The van der Waals surface area contributed by atoms with Crippen LogP contribution >= 0.6 is 0 Å². The van der Waals surface area contributed by atoms with E-state index in [0.717, 1.165) is 19.6 Å². The number of benzene rings is 2. The van der Waals surface area contributed by atoms with Crippen LogP contribution in [0.3, 0.4) is 0 Å². The molecule has 1 aliphatic heterocycles. The summed E-state index contributed by atoms with van der Waals surface area (Å²) >= 11 is 0. The first-order chi connectivity index (χ1) is 14.6. The SMILES string of the molecule is COc1ccc(NC(=O)N2CCN(Cc3ccccc3)CC2)cc1-n1nnnc1C. The summed E-state index contributed by atoms with van der Waals surface area (Å²) in [6, 6.07) is 15.7. The van der Waals surface area contributed by atoms with E-state index in [0.29, 0.717) is 36.0 Å². The molecule has 0 unspecified atom stereocenters. The monoisotopic (exact) mass is 407 g/mol. The molecule has 1 fully saturated rings. The molecule has 2 heterocycles. The van der Waals surface area contributed by atoms with E-state index in [9.17, 15) is 4.79 Å². The average Bonchev–Trinajstić information content (AvgIpc) is 3.20. The number of rotatable bonds is 5. The number of piperazine rings is 1. The van der Waals surface area contributed by atoms with Crippen LogP contribution < -0.4 is 10.1 Å². The molecule has 9 nitrogen and oxygen atoms in total. The van der Waals surface area contributed by atoms with Crippen molar-refractivity contribution in [2.75, 3.05) is 38.6 Å². The Morgan fingerprint density at radius 2 is 1.87 bits per heavy atom. The number of ether oxygens (including phenoxy) is 1. The topological polar surface area (TPSA) is 88.4 Å². The summed E-state index contributed by atoms with van der Waals surface area (Å²) in [6.45, 7) is 5.78. The molecule has 3 aromatic rings. The van der Waals surface area contributed by atoms with E-state index in [1.165, 1.54) is 5.56 Å². The molecule has 0 aliphatic carbocycles. The van der Waals surface area contributed by atoms with Gasteiger partial charge in [-0.05, 0) is 41.1 Å². The molecule has 1 N–H and O–H groups in total. The van der Waals surface area contributed by atoms with Gasteiger partial charge in [0.2, 0.25) is 0 Å². The summed E-state index contributed by atoms with van der Waals surface area (Å²) in [5.41, 5.74) is 2.63. The van der Waals surface area contributed by atoms with Crippen LogP contribution in [0.15, 0.2) is 48.5 Å². The second kappa shape index (κ2) is 8.91. The van der Waals surface area contributed by atoms with Crippen molar-refractivity contribution in [3.8, 4) is 11.4 Å². The minimum atomic E-state index is -0.112. The summed E-state index contributed by atoms with van der Waals surface area (Å²) < 4.78 is 7.00. The highest BCUT2D eigenvalue weighted by atomic mass is 16.5. The Kier molecular flexibility index (Phi) is 5.89. The lowest BCUT2D eigenvalue weighted by molar-refractivity contribution is 0.143. The molecule has 2 amide bonds. The molecule has 1 aromatic heterocycles. The van der Waals surface area contributed by atoms with Crippen molar-refractivity contribution in [2.24, 2.45) is 0 Å². The predicted octanol–water partition coefficient (Wildman–Crippen LogP) is 2.33. The lowest BCUT2D eigenvalue weighted by Gasteiger charge is -2.34. The average molecular weight is 407 g/mol. The molecular formula is C21H25N7O2. The van der Waals surface area contributed by atoms with Gasteiger partial charge in [-0.25, -0.2) is 4.79 Å². The molecule has 30 heavy (non-hydrogen) atoms. The van der Waals surface area contributed by atoms with E-state index < -0.39 is 0 Å². The van der Waals surface area contributed by atoms with Crippen molar-refractivity contribution >= 4 is 11.7 Å². The van der Waals surface area contributed by atoms with Crippen molar-refractivity contribution in [1.82, 2.24) is 30.0 Å². The molecular weight excluding hydrogens is 382 g/mol. The molecule has 156 valence electrons. The Bertz CT molecular complexity index is 998. The van der Waals surface area contributed by atoms with Crippen LogP contribution in [0.1, 0.15) is 11.4 Å². The molecule has 1 aliphatic rings. The second-order valence-corrected chi connectivity index (χ2v) is 7.20. The van der Waals surface area contributed by atoms with Crippen molar-refractivity contribution in [1.29, 1.82) is 0 Å². The van der Waals surface area contributed by atoms with Gasteiger partial charge in [-0.3, -0.25) is 4.90 Å². The Morgan fingerprint density at radius 3 is 2.53 bits per heavy atom.